The lowest BCUT2D eigenvalue weighted by Crippen LogP contribution is -2.37. The first kappa shape index (κ1) is 16.4. The zero-order chi connectivity index (χ0) is 17.6. The molecule has 0 aliphatic carbocycles. The Morgan fingerprint density at radius 1 is 1.20 bits per heavy atom. The molecule has 0 spiro atoms. The Morgan fingerprint density at radius 2 is 2.00 bits per heavy atom. The maximum atomic E-state index is 13.1. The van der Waals surface area contributed by atoms with E-state index >= 15 is 0 Å². The molecule has 1 aromatic carbocycles. The molecule has 25 heavy (non-hydrogen) atoms. The van der Waals surface area contributed by atoms with Crippen LogP contribution in [-0.4, -0.2) is 43.3 Å². The van der Waals surface area contributed by atoms with Crippen molar-refractivity contribution < 1.29 is 8.42 Å². The van der Waals surface area contributed by atoms with Gasteiger partial charge in [-0.15, -0.1) is 11.3 Å². The fraction of sp³-hybridized carbons (Fsp3) is 0.294. The van der Waals surface area contributed by atoms with Crippen LogP contribution in [0.1, 0.15) is 11.3 Å². The van der Waals surface area contributed by atoms with Crippen LogP contribution in [0.4, 0.5) is 5.82 Å². The lowest BCUT2D eigenvalue weighted by molar-refractivity contribution is 0.386. The molecule has 0 atom stereocenters. The van der Waals surface area contributed by atoms with Gasteiger partial charge in [-0.05, 0) is 23.9 Å². The van der Waals surface area contributed by atoms with Gasteiger partial charge in [0.05, 0.1) is 12.2 Å². The van der Waals surface area contributed by atoms with Gasteiger partial charge in [-0.2, -0.15) is 4.31 Å². The summed E-state index contributed by atoms with van der Waals surface area (Å²) >= 11 is 1.32. The molecule has 3 aromatic rings. The summed E-state index contributed by atoms with van der Waals surface area (Å²) in [4.78, 5) is 10.6. The molecule has 0 saturated heterocycles. The third-order valence-corrected chi connectivity index (χ3v) is 7.78. The van der Waals surface area contributed by atoms with Gasteiger partial charge in [0.15, 0.2) is 0 Å². The molecular weight excluding hydrogens is 356 g/mol. The van der Waals surface area contributed by atoms with Crippen molar-refractivity contribution in [2.45, 2.75) is 17.2 Å². The summed E-state index contributed by atoms with van der Waals surface area (Å²) < 4.78 is 29.0. The van der Waals surface area contributed by atoms with Crippen LogP contribution in [0.15, 0.2) is 40.9 Å². The molecule has 4 rings (SSSR count). The van der Waals surface area contributed by atoms with E-state index in [-0.39, 0.29) is 6.54 Å². The Balaban J connectivity index is 1.70. The van der Waals surface area contributed by atoms with Crippen LogP contribution in [-0.2, 0) is 23.0 Å². The molecule has 0 saturated carbocycles. The highest BCUT2D eigenvalue weighted by Crippen LogP contribution is 2.33. The lowest BCUT2D eigenvalue weighted by Gasteiger charge is -2.28. The van der Waals surface area contributed by atoms with Crippen molar-refractivity contribution >= 4 is 37.3 Å². The molecule has 2 aromatic heterocycles. The van der Waals surface area contributed by atoms with Gasteiger partial charge in [0.25, 0.3) is 10.0 Å². The van der Waals surface area contributed by atoms with E-state index in [1.54, 1.807) is 6.07 Å². The van der Waals surface area contributed by atoms with Crippen molar-refractivity contribution in [2.24, 2.45) is 0 Å². The SMILES string of the molecule is CN(C)c1ncnc2c1CCN(S(=O)(=O)c1cc3ccccc3s1)C2. The maximum Gasteiger partial charge on any atom is 0.252 e. The van der Waals surface area contributed by atoms with Crippen molar-refractivity contribution in [2.75, 3.05) is 25.5 Å². The van der Waals surface area contributed by atoms with E-state index in [4.69, 9.17) is 0 Å². The third kappa shape index (κ3) is 2.80. The van der Waals surface area contributed by atoms with Crippen LogP contribution in [0.5, 0.6) is 0 Å². The van der Waals surface area contributed by atoms with Crippen LogP contribution >= 0.6 is 11.3 Å². The molecule has 8 heteroatoms. The number of thiophene rings is 1. The molecule has 0 radical (unpaired) electrons. The summed E-state index contributed by atoms with van der Waals surface area (Å²) in [5, 5.41) is 0.959. The summed E-state index contributed by atoms with van der Waals surface area (Å²) in [5.74, 6) is 0.865. The van der Waals surface area contributed by atoms with E-state index in [2.05, 4.69) is 9.97 Å². The first-order valence-corrected chi connectivity index (χ1v) is 10.2. The zero-order valence-corrected chi connectivity index (χ0v) is 15.6. The van der Waals surface area contributed by atoms with E-state index in [1.807, 2.05) is 43.3 Å². The largest absolute Gasteiger partial charge is 0.362 e. The second kappa shape index (κ2) is 6.05. The number of anilines is 1. The molecule has 1 aliphatic rings. The van der Waals surface area contributed by atoms with E-state index in [1.165, 1.54) is 22.0 Å². The molecule has 0 amide bonds. The fourth-order valence-corrected chi connectivity index (χ4v) is 6.07. The normalized spacial score (nSPS) is 15.3. The number of benzene rings is 1. The Bertz CT molecular complexity index is 1010. The summed E-state index contributed by atoms with van der Waals surface area (Å²) in [6, 6.07) is 9.48. The van der Waals surface area contributed by atoms with E-state index < -0.39 is 10.0 Å². The van der Waals surface area contributed by atoms with Gasteiger partial charge in [0, 0.05) is 30.9 Å². The summed E-state index contributed by atoms with van der Waals surface area (Å²) in [7, 11) is 0.345. The maximum absolute atomic E-state index is 13.1. The van der Waals surface area contributed by atoms with Crippen molar-refractivity contribution in [1.29, 1.82) is 0 Å². The topological polar surface area (TPSA) is 66.4 Å². The minimum atomic E-state index is -3.52. The molecule has 0 N–H and O–H groups in total. The van der Waals surface area contributed by atoms with Crippen molar-refractivity contribution in [3.05, 3.63) is 47.9 Å². The first-order chi connectivity index (χ1) is 12.0. The van der Waals surface area contributed by atoms with E-state index in [0.29, 0.717) is 17.2 Å². The third-order valence-electron chi connectivity index (χ3n) is 4.37. The van der Waals surface area contributed by atoms with Crippen molar-refractivity contribution in [3.8, 4) is 0 Å². The average molecular weight is 374 g/mol. The number of nitrogens with zero attached hydrogens (tertiary/aromatic N) is 4. The van der Waals surface area contributed by atoms with Crippen LogP contribution in [0.3, 0.4) is 0 Å². The Labute approximate surface area is 150 Å². The van der Waals surface area contributed by atoms with Crippen molar-refractivity contribution in [3.63, 3.8) is 0 Å². The fourth-order valence-electron chi connectivity index (χ4n) is 3.12. The second-order valence-electron chi connectivity index (χ2n) is 6.21. The molecular formula is C17H18N4O2S2. The Morgan fingerprint density at radius 3 is 2.76 bits per heavy atom. The highest BCUT2D eigenvalue weighted by molar-refractivity contribution is 7.91. The standard InChI is InChI=1S/C17H18N4O2S2/c1-20(2)17-13-7-8-21(10-14(13)18-11-19-17)25(22,23)16-9-12-5-3-4-6-15(12)24-16/h3-6,9,11H,7-8,10H2,1-2H3. The van der Waals surface area contributed by atoms with Gasteiger partial charge in [0.2, 0.25) is 0 Å². The molecule has 1 aliphatic heterocycles. The van der Waals surface area contributed by atoms with Gasteiger partial charge < -0.3 is 4.90 Å². The van der Waals surface area contributed by atoms with Crippen LogP contribution < -0.4 is 4.90 Å². The van der Waals surface area contributed by atoms with Gasteiger partial charge in [-0.25, -0.2) is 18.4 Å². The zero-order valence-electron chi connectivity index (χ0n) is 14.0. The van der Waals surface area contributed by atoms with Crippen LogP contribution in [0, 0.1) is 0 Å². The van der Waals surface area contributed by atoms with Crippen molar-refractivity contribution in [1.82, 2.24) is 14.3 Å². The molecule has 3 heterocycles. The Kier molecular flexibility index (Phi) is 3.98. The highest BCUT2D eigenvalue weighted by Gasteiger charge is 2.31. The minimum Gasteiger partial charge on any atom is -0.362 e. The van der Waals surface area contributed by atoms with Gasteiger partial charge >= 0.3 is 0 Å². The quantitative estimate of drug-likeness (QED) is 0.705. The lowest BCUT2D eigenvalue weighted by atomic mass is 10.1. The first-order valence-electron chi connectivity index (χ1n) is 7.95. The number of hydrogen-bond acceptors (Lipinski definition) is 6. The van der Waals surface area contributed by atoms with E-state index in [0.717, 1.165) is 27.2 Å². The predicted octanol–water partition coefficient (Wildman–Crippen LogP) is 2.50. The number of hydrogen-bond donors (Lipinski definition) is 0. The monoisotopic (exact) mass is 374 g/mol. The summed E-state index contributed by atoms with van der Waals surface area (Å²) in [6.07, 6.45) is 2.12. The number of aromatic nitrogens is 2. The summed E-state index contributed by atoms with van der Waals surface area (Å²) in [5.41, 5.74) is 1.82. The van der Waals surface area contributed by atoms with Gasteiger partial charge in [-0.1, -0.05) is 18.2 Å². The molecule has 6 nitrogen and oxygen atoms in total. The number of fused-ring (bicyclic) bond motifs is 2. The molecule has 0 fully saturated rings. The van der Waals surface area contributed by atoms with Gasteiger partial charge in [-0.3, -0.25) is 0 Å². The smallest absolute Gasteiger partial charge is 0.252 e. The minimum absolute atomic E-state index is 0.287. The molecule has 0 unspecified atom stereocenters. The highest BCUT2D eigenvalue weighted by atomic mass is 32.2. The average Bonchev–Trinajstić information content (AvgIpc) is 3.05. The predicted molar refractivity (Wildman–Crippen MR) is 99.5 cm³/mol. The van der Waals surface area contributed by atoms with E-state index in [9.17, 15) is 8.42 Å². The molecule has 130 valence electrons. The molecule has 0 bridgehead atoms. The van der Waals surface area contributed by atoms with Crippen LogP contribution in [0.25, 0.3) is 10.1 Å². The Hall–Kier alpha value is -2.03. The van der Waals surface area contributed by atoms with Gasteiger partial charge in [0.1, 0.15) is 16.4 Å². The number of sulfonamides is 1. The number of rotatable bonds is 3. The second-order valence-corrected chi connectivity index (χ2v) is 9.46. The van der Waals surface area contributed by atoms with Crippen LogP contribution in [0.2, 0.25) is 0 Å². The summed E-state index contributed by atoms with van der Waals surface area (Å²) in [6.45, 7) is 0.729.